The normalized spacial score (nSPS) is 12.6. The van der Waals surface area contributed by atoms with Crippen LogP contribution >= 0.6 is 0 Å². The third-order valence-electron chi connectivity index (χ3n) is 4.75. The summed E-state index contributed by atoms with van der Waals surface area (Å²) in [5.74, 6) is 0.603. The van der Waals surface area contributed by atoms with Crippen LogP contribution in [0.15, 0.2) is 0 Å². The van der Waals surface area contributed by atoms with Crippen LogP contribution in [0, 0.1) is 5.92 Å². The molecule has 10 nitrogen and oxygen atoms in total. The quantitative estimate of drug-likeness (QED) is 0.126. The van der Waals surface area contributed by atoms with Crippen LogP contribution in [0.5, 0.6) is 0 Å². The van der Waals surface area contributed by atoms with Crippen molar-refractivity contribution in [3.05, 3.63) is 0 Å². The van der Waals surface area contributed by atoms with Crippen LogP contribution in [-0.4, -0.2) is 132 Å². The van der Waals surface area contributed by atoms with Gasteiger partial charge in [-0.1, -0.05) is 20.3 Å². The Labute approximate surface area is 219 Å². The van der Waals surface area contributed by atoms with Crippen molar-refractivity contribution >= 4 is 0 Å². The van der Waals surface area contributed by atoms with Gasteiger partial charge in [-0.3, -0.25) is 0 Å². The number of hydrogen-bond acceptors (Lipinski definition) is 10. The molecular weight excluding hydrogens is 472 g/mol. The van der Waals surface area contributed by atoms with Crippen LogP contribution < -0.4 is 0 Å². The van der Waals surface area contributed by atoms with Crippen molar-refractivity contribution in [1.82, 2.24) is 0 Å². The summed E-state index contributed by atoms with van der Waals surface area (Å²) >= 11 is 0. The summed E-state index contributed by atoms with van der Waals surface area (Å²) in [7, 11) is 0. The van der Waals surface area contributed by atoms with Crippen molar-refractivity contribution < 1.29 is 47.4 Å². The van der Waals surface area contributed by atoms with Crippen molar-refractivity contribution in [2.45, 2.75) is 40.2 Å². The average molecular weight is 527 g/mol. The molecule has 0 aliphatic carbocycles. The van der Waals surface area contributed by atoms with Gasteiger partial charge in [0.05, 0.1) is 125 Å². The molecule has 0 aliphatic heterocycles. The molecule has 0 bridgehead atoms. The Bertz CT molecular complexity index is 401. The first-order chi connectivity index (χ1) is 17.7. The Kier molecular flexibility index (Phi) is 30.5. The molecule has 218 valence electrons. The smallest absolute Gasteiger partial charge is 0.0703 e. The highest BCUT2D eigenvalue weighted by atomic mass is 16.6. The molecule has 0 aromatic heterocycles. The van der Waals surface area contributed by atoms with E-state index in [1.807, 2.05) is 13.8 Å². The molecule has 1 unspecified atom stereocenters. The number of hydrogen-bond donors (Lipinski definition) is 0. The minimum Gasteiger partial charge on any atom is -0.379 e. The molecule has 0 N–H and O–H groups in total. The first-order valence-corrected chi connectivity index (χ1v) is 13.5. The molecule has 0 heterocycles. The van der Waals surface area contributed by atoms with E-state index in [1.165, 1.54) is 0 Å². The zero-order valence-corrected chi connectivity index (χ0v) is 23.4. The molecule has 0 fully saturated rings. The van der Waals surface area contributed by atoms with Gasteiger partial charge in [-0.2, -0.15) is 0 Å². The zero-order chi connectivity index (χ0) is 26.4. The molecule has 36 heavy (non-hydrogen) atoms. The van der Waals surface area contributed by atoms with Gasteiger partial charge in [-0.25, -0.2) is 0 Å². The average Bonchev–Trinajstić information content (AvgIpc) is 2.87. The van der Waals surface area contributed by atoms with E-state index in [1.54, 1.807) is 0 Å². The Hall–Kier alpha value is -0.400. The Morgan fingerprint density at radius 1 is 0.361 bits per heavy atom. The maximum atomic E-state index is 5.52. The topological polar surface area (TPSA) is 92.3 Å². The van der Waals surface area contributed by atoms with E-state index in [2.05, 4.69) is 13.8 Å². The molecule has 0 aromatic rings. The van der Waals surface area contributed by atoms with Crippen molar-refractivity contribution in [1.29, 1.82) is 0 Å². The predicted octanol–water partition coefficient (Wildman–Crippen LogP) is 2.61. The highest BCUT2D eigenvalue weighted by Crippen LogP contribution is 2.00. The van der Waals surface area contributed by atoms with Crippen LogP contribution in [-0.2, 0) is 47.4 Å². The third-order valence-corrected chi connectivity index (χ3v) is 4.75. The highest BCUT2D eigenvalue weighted by Gasteiger charge is 1.98. The van der Waals surface area contributed by atoms with Gasteiger partial charge in [0.25, 0.3) is 0 Å². The first kappa shape index (κ1) is 35.6. The maximum Gasteiger partial charge on any atom is 0.0703 e. The van der Waals surface area contributed by atoms with Gasteiger partial charge in [-0.05, 0) is 19.8 Å². The fourth-order valence-electron chi connectivity index (χ4n) is 2.50. The Morgan fingerprint density at radius 2 is 0.611 bits per heavy atom. The molecular formula is C26H54O10. The van der Waals surface area contributed by atoms with Gasteiger partial charge < -0.3 is 47.4 Å². The first-order valence-electron chi connectivity index (χ1n) is 13.5. The summed E-state index contributed by atoms with van der Waals surface area (Å²) in [5.41, 5.74) is 0. The highest BCUT2D eigenvalue weighted by molar-refractivity contribution is 4.46. The van der Waals surface area contributed by atoms with E-state index in [9.17, 15) is 0 Å². The lowest BCUT2D eigenvalue weighted by atomic mass is 10.1. The molecule has 0 rings (SSSR count). The molecule has 10 heteroatoms. The summed E-state index contributed by atoms with van der Waals surface area (Å²) in [6.07, 6.45) is 1.37. The summed E-state index contributed by atoms with van der Waals surface area (Å²) < 4.78 is 54.5. The van der Waals surface area contributed by atoms with Crippen LogP contribution in [0.25, 0.3) is 0 Å². The summed E-state index contributed by atoms with van der Waals surface area (Å²) in [6, 6.07) is 0. The van der Waals surface area contributed by atoms with Gasteiger partial charge in [0.15, 0.2) is 0 Å². The Morgan fingerprint density at radius 3 is 0.861 bits per heavy atom. The SMILES string of the molecule is CCC(C)COCCOCCOCCOCCOCCOCCOCCOCCOCCOC(C)C. The number of ether oxygens (including phenoxy) is 10. The van der Waals surface area contributed by atoms with E-state index in [-0.39, 0.29) is 6.10 Å². The van der Waals surface area contributed by atoms with Gasteiger partial charge in [0.2, 0.25) is 0 Å². The summed E-state index contributed by atoms with van der Waals surface area (Å²) in [4.78, 5) is 0. The van der Waals surface area contributed by atoms with Crippen molar-refractivity contribution in [3.63, 3.8) is 0 Å². The molecule has 0 saturated heterocycles. The molecule has 0 radical (unpaired) electrons. The fraction of sp³-hybridized carbons (Fsp3) is 1.00. The van der Waals surface area contributed by atoms with E-state index in [0.29, 0.717) is 125 Å². The second-order valence-electron chi connectivity index (χ2n) is 8.41. The van der Waals surface area contributed by atoms with E-state index in [0.717, 1.165) is 13.0 Å². The van der Waals surface area contributed by atoms with E-state index >= 15 is 0 Å². The molecule has 0 saturated carbocycles. The van der Waals surface area contributed by atoms with Gasteiger partial charge in [-0.15, -0.1) is 0 Å². The summed E-state index contributed by atoms with van der Waals surface area (Å²) in [6.45, 7) is 19.2. The third kappa shape index (κ3) is 31.6. The minimum absolute atomic E-state index is 0.238. The largest absolute Gasteiger partial charge is 0.379 e. The monoisotopic (exact) mass is 526 g/mol. The molecule has 0 aromatic carbocycles. The number of rotatable bonds is 31. The van der Waals surface area contributed by atoms with Gasteiger partial charge in [0.1, 0.15) is 0 Å². The maximum absolute atomic E-state index is 5.52. The van der Waals surface area contributed by atoms with Crippen LogP contribution in [0.2, 0.25) is 0 Å². The minimum atomic E-state index is 0.238. The van der Waals surface area contributed by atoms with Gasteiger partial charge in [0, 0.05) is 6.61 Å². The lowest BCUT2D eigenvalue weighted by Crippen LogP contribution is -2.15. The van der Waals surface area contributed by atoms with Crippen LogP contribution in [0.1, 0.15) is 34.1 Å². The van der Waals surface area contributed by atoms with Crippen molar-refractivity contribution in [3.8, 4) is 0 Å². The van der Waals surface area contributed by atoms with Gasteiger partial charge >= 0.3 is 0 Å². The van der Waals surface area contributed by atoms with E-state index in [4.69, 9.17) is 47.4 Å². The zero-order valence-electron chi connectivity index (χ0n) is 23.4. The second-order valence-corrected chi connectivity index (χ2v) is 8.41. The van der Waals surface area contributed by atoms with E-state index < -0.39 is 0 Å². The molecule has 0 amide bonds. The van der Waals surface area contributed by atoms with Crippen molar-refractivity contribution in [2.24, 2.45) is 5.92 Å². The molecule has 0 aliphatic rings. The fourth-order valence-corrected chi connectivity index (χ4v) is 2.50. The molecule has 1 atom stereocenters. The lowest BCUT2D eigenvalue weighted by molar-refractivity contribution is -0.0281. The standard InChI is InChI=1S/C26H54O10/c1-5-26(4)24-35-21-20-33-17-16-31-13-12-29-9-8-27-6-7-28-10-11-30-14-15-32-18-19-34-22-23-36-25(2)3/h25-26H,5-24H2,1-4H3. The lowest BCUT2D eigenvalue weighted by Gasteiger charge is -2.10. The Balaban J connectivity index is 3.03. The predicted molar refractivity (Wildman–Crippen MR) is 138 cm³/mol. The van der Waals surface area contributed by atoms with Crippen LogP contribution in [0.4, 0.5) is 0 Å². The molecule has 0 spiro atoms. The van der Waals surface area contributed by atoms with Crippen LogP contribution in [0.3, 0.4) is 0 Å². The van der Waals surface area contributed by atoms with Crippen molar-refractivity contribution in [2.75, 3.05) is 126 Å². The summed E-state index contributed by atoms with van der Waals surface area (Å²) in [5, 5.41) is 0. The second kappa shape index (κ2) is 30.8.